The first-order valence-electron chi connectivity index (χ1n) is 7.40. The molecule has 2 aromatic carbocycles. The van der Waals surface area contributed by atoms with Gasteiger partial charge in [-0.25, -0.2) is 0 Å². The lowest BCUT2D eigenvalue weighted by atomic mass is 10.0. The van der Waals surface area contributed by atoms with E-state index in [1.165, 1.54) is 0 Å². The Morgan fingerprint density at radius 1 is 1.09 bits per heavy atom. The van der Waals surface area contributed by atoms with Crippen molar-refractivity contribution in [3.05, 3.63) is 65.7 Å². The Hall–Kier alpha value is -2.95. The molecular formula is C18H16N2O3. The van der Waals surface area contributed by atoms with Crippen LogP contribution in [0.5, 0.6) is 0 Å². The van der Waals surface area contributed by atoms with Gasteiger partial charge in [0.2, 0.25) is 5.91 Å². The van der Waals surface area contributed by atoms with Gasteiger partial charge < -0.3 is 10.4 Å². The number of amides is 1. The molecule has 1 amide bonds. The van der Waals surface area contributed by atoms with Crippen LogP contribution >= 0.6 is 0 Å². The predicted octanol–water partition coefficient (Wildman–Crippen LogP) is 2.71. The summed E-state index contributed by atoms with van der Waals surface area (Å²) in [4.78, 5) is 27.8. The lowest BCUT2D eigenvalue weighted by molar-refractivity contribution is -0.137. The lowest BCUT2D eigenvalue weighted by Gasteiger charge is -2.09. The summed E-state index contributed by atoms with van der Waals surface area (Å²) >= 11 is 0. The first-order chi connectivity index (χ1) is 11.1. The smallest absolute Gasteiger partial charge is 0.303 e. The maximum Gasteiger partial charge on any atom is 0.303 e. The molecule has 1 unspecified atom stereocenters. The summed E-state index contributed by atoms with van der Waals surface area (Å²) in [5.74, 6) is -1.21. The number of hydrogen-bond acceptors (Lipinski definition) is 3. The van der Waals surface area contributed by atoms with Crippen LogP contribution in [0.1, 0.15) is 24.0 Å². The van der Waals surface area contributed by atoms with E-state index in [-0.39, 0.29) is 18.7 Å². The standard InChI is InChI=1S/C18H16N2O3/c21-16(22)11-10-15-18(23)20-14-9-5-4-8-13(14)17(19-15)12-6-2-1-3-7-12/h1-9,15H,10-11H2,(H,20,23)(H,21,22). The minimum atomic E-state index is -0.934. The van der Waals surface area contributed by atoms with Gasteiger partial charge in [-0.1, -0.05) is 48.5 Å². The molecule has 2 N–H and O–H groups in total. The van der Waals surface area contributed by atoms with Crippen molar-refractivity contribution < 1.29 is 14.7 Å². The second-order valence-electron chi connectivity index (χ2n) is 5.33. The predicted molar refractivity (Wildman–Crippen MR) is 87.8 cm³/mol. The van der Waals surface area contributed by atoms with Crippen LogP contribution in [-0.4, -0.2) is 28.7 Å². The highest BCUT2D eigenvalue weighted by atomic mass is 16.4. The Morgan fingerprint density at radius 2 is 1.78 bits per heavy atom. The number of carboxylic acids is 1. The molecule has 3 rings (SSSR count). The molecule has 1 aliphatic rings. The molecule has 1 aliphatic heterocycles. The van der Waals surface area contributed by atoms with Crippen molar-refractivity contribution in [1.29, 1.82) is 0 Å². The second kappa shape index (κ2) is 6.44. The van der Waals surface area contributed by atoms with E-state index in [9.17, 15) is 9.59 Å². The molecule has 0 saturated carbocycles. The fourth-order valence-electron chi connectivity index (χ4n) is 2.58. The number of benzene rings is 2. The second-order valence-corrected chi connectivity index (χ2v) is 5.33. The summed E-state index contributed by atoms with van der Waals surface area (Å²) in [6.45, 7) is 0. The quantitative estimate of drug-likeness (QED) is 0.911. The van der Waals surface area contributed by atoms with Gasteiger partial charge in [0.25, 0.3) is 0 Å². The number of anilines is 1. The van der Waals surface area contributed by atoms with E-state index < -0.39 is 12.0 Å². The number of para-hydroxylation sites is 1. The Kier molecular flexibility index (Phi) is 4.19. The van der Waals surface area contributed by atoms with Gasteiger partial charge in [-0.05, 0) is 12.5 Å². The van der Waals surface area contributed by atoms with Crippen LogP contribution in [0.2, 0.25) is 0 Å². The molecule has 0 radical (unpaired) electrons. The maximum absolute atomic E-state index is 12.4. The number of nitrogens with one attached hydrogen (secondary N) is 1. The van der Waals surface area contributed by atoms with Gasteiger partial charge in [0.1, 0.15) is 6.04 Å². The number of fused-ring (bicyclic) bond motifs is 1. The Bertz CT molecular complexity index is 769. The SMILES string of the molecule is O=C(O)CCC1N=C(c2ccccc2)c2ccccc2NC1=O. The summed E-state index contributed by atoms with van der Waals surface area (Å²) in [5, 5.41) is 11.7. The molecule has 5 heteroatoms. The van der Waals surface area contributed by atoms with Crippen LogP contribution in [0.3, 0.4) is 0 Å². The first-order valence-corrected chi connectivity index (χ1v) is 7.40. The topological polar surface area (TPSA) is 78.8 Å². The zero-order valence-electron chi connectivity index (χ0n) is 12.4. The maximum atomic E-state index is 12.4. The van der Waals surface area contributed by atoms with Crippen LogP contribution in [0, 0.1) is 0 Å². The van der Waals surface area contributed by atoms with Crippen LogP contribution in [0.25, 0.3) is 0 Å². The Balaban J connectivity index is 2.07. The number of carboxylic acid groups (broad SMARTS) is 1. The first kappa shape index (κ1) is 15.0. The van der Waals surface area contributed by atoms with E-state index >= 15 is 0 Å². The highest BCUT2D eigenvalue weighted by Crippen LogP contribution is 2.25. The van der Waals surface area contributed by atoms with E-state index in [0.717, 1.165) is 11.1 Å². The minimum absolute atomic E-state index is 0.0972. The van der Waals surface area contributed by atoms with Gasteiger partial charge in [-0.15, -0.1) is 0 Å². The average molecular weight is 308 g/mol. The molecule has 0 saturated heterocycles. The van der Waals surface area contributed by atoms with E-state index in [1.807, 2.05) is 54.6 Å². The van der Waals surface area contributed by atoms with Crippen LogP contribution < -0.4 is 5.32 Å². The molecule has 116 valence electrons. The number of nitrogens with zero attached hydrogens (tertiary/aromatic N) is 1. The molecule has 5 nitrogen and oxygen atoms in total. The van der Waals surface area contributed by atoms with E-state index in [1.54, 1.807) is 0 Å². The summed E-state index contributed by atoms with van der Waals surface area (Å²) in [6.07, 6.45) is 0.0749. The van der Waals surface area contributed by atoms with Crippen LogP contribution in [0.4, 0.5) is 5.69 Å². The van der Waals surface area contributed by atoms with Crippen molar-refractivity contribution in [3.8, 4) is 0 Å². The third-order valence-corrected chi connectivity index (χ3v) is 3.71. The number of carbonyl (C=O) groups excluding carboxylic acids is 1. The molecule has 0 bridgehead atoms. The molecule has 0 aromatic heterocycles. The molecule has 0 aliphatic carbocycles. The zero-order valence-corrected chi connectivity index (χ0v) is 12.4. The van der Waals surface area contributed by atoms with E-state index in [0.29, 0.717) is 11.4 Å². The molecule has 23 heavy (non-hydrogen) atoms. The summed E-state index contributed by atoms with van der Waals surface area (Å²) < 4.78 is 0. The molecule has 2 aromatic rings. The Morgan fingerprint density at radius 3 is 2.52 bits per heavy atom. The van der Waals surface area contributed by atoms with Crippen molar-refractivity contribution >= 4 is 23.3 Å². The van der Waals surface area contributed by atoms with Crippen molar-refractivity contribution in [1.82, 2.24) is 0 Å². The molecule has 1 atom stereocenters. The minimum Gasteiger partial charge on any atom is -0.481 e. The third-order valence-electron chi connectivity index (χ3n) is 3.71. The van der Waals surface area contributed by atoms with Gasteiger partial charge in [0.15, 0.2) is 0 Å². The third kappa shape index (κ3) is 3.29. The van der Waals surface area contributed by atoms with E-state index in [2.05, 4.69) is 10.3 Å². The lowest BCUT2D eigenvalue weighted by Crippen LogP contribution is -2.26. The number of aliphatic carboxylic acids is 1. The van der Waals surface area contributed by atoms with Gasteiger partial charge in [0.05, 0.1) is 11.4 Å². The van der Waals surface area contributed by atoms with Crippen LogP contribution in [0.15, 0.2) is 59.6 Å². The van der Waals surface area contributed by atoms with E-state index in [4.69, 9.17) is 5.11 Å². The molecular weight excluding hydrogens is 292 g/mol. The normalized spacial score (nSPS) is 16.8. The summed E-state index contributed by atoms with van der Waals surface area (Å²) in [6, 6.07) is 16.3. The summed E-state index contributed by atoms with van der Waals surface area (Å²) in [7, 11) is 0. The monoisotopic (exact) mass is 308 g/mol. The fourth-order valence-corrected chi connectivity index (χ4v) is 2.58. The Labute approximate surface area is 133 Å². The number of carbonyl (C=O) groups is 2. The highest BCUT2D eigenvalue weighted by Gasteiger charge is 2.25. The largest absolute Gasteiger partial charge is 0.481 e. The molecule has 0 spiro atoms. The summed E-state index contributed by atoms with van der Waals surface area (Å²) in [5.41, 5.74) is 3.13. The fraction of sp³-hybridized carbons (Fsp3) is 0.167. The number of rotatable bonds is 4. The van der Waals surface area contributed by atoms with Gasteiger partial charge in [-0.3, -0.25) is 14.6 Å². The van der Waals surface area contributed by atoms with Crippen molar-refractivity contribution in [2.75, 3.05) is 5.32 Å². The average Bonchev–Trinajstić information content (AvgIpc) is 2.70. The van der Waals surface area contributed by atoms with Crippen molar-refractivity contribution in [2.45, 2.75) is 18.9 Å². The van der Waals surface area contributed by atoms with Crippen LogP contribution in [-0.2, 0) is 9.59 Å². The zero-order chi connectivity index (χ0) is 16.2. The highest BCUT2D eigenvalue weighted by molar-refractivity contribution is 6.19. The number of aliphatic imine (C=N–C) groups is 1. The number of hydrogen-bond donors (Lipinski definition) is 2. The molecule has 1 heterocycles. The van der Waals surface area contributed by atoms with Gasteiger partial charge in [-0.2, -0.15) is 0 Å². The number of benzodiazepines with no additional fused rings is 1. The van der Waals surface area contributed by atoms with Crippen molar-refractivity contribution in [2.24, 2.45) is 4.99 Å². The molecule has 0 fully saturated rings. The van der Waals surface area contributed by atoms with Crippen molar-refractivity contribution in [3.63, 3.8) is 0 Å². The van der Waals surface area contributed by atoms with Gasteiger partial charge >= 0.3 is 5.97 Å². The van der Waals surface area contributed by atoms with Gasteiger partial charge in [0, 0.05) is 17.5 Å².